The highest BCUT2D eigenvalue weighted by Crippen LogP contribution is 2.22. The van der Waals surface area contributed by atoms with E-state index in [1.807, 2.05) is 0 Å². The minimum absolute atomic E-state index is 0.151. The number of hydrogen-bond acceptors (Lipinski definition) is 2. The molecule has 1 heterocycles. The Morgan fingerprint density at radius 3 is 2.63 bits per heavy atom. The van der Waals surface area contributed by atoms with Crippen LogP contribution in [0.5, 0.6) is 0 Å². The molecule has 1 aromatic heterocycles. The molecule has 0 bridgehead atoms. The zero-order valence-electron chi connectivity index (χ0n) is 9.34. The first-order valence-electron chi connectivity index (χ1n) is 5.12. The summed E-state index contributed by atoms with van der Waals surface area (Å²) >= 11 is 12.4. The fourth-order valence-electron chi connectivity index (χ4n) is 1.41. The third-order valence-electron chi connectivity index (χ3n) is 2.29. The zero-order valence-corrected chi connectivity index (χ0v) is 13.3. The van der Waals surface area contributed by atoms with Gasteiger partial charge in [0, 0.05) is 15.1 Å². The predicted octanol–water partition coefficient (Wildman–Crippen LogP) is 3.81. The van der Waals surface area contributed by atoms with Crippen molar-refractivity contribution in [3.8, 4) is 0 Å². The molecule has 2 N–H and O–H groups in total. The summed E-state index contributed by atoms with van der Waals surface area (Å²) in [5, 5.41) is 2.82. The first kappa shape index (κ1) is 14.3. The second-order valence-corrected chi connectivity index (χ2v) is 5.88. The van der Waals surface area contributed by atoms with Crippen molar-refractivity contribution in [2.24, 2.45) is 0 Å². The van der Waals surface area contributed by atoms with Crippen LogP contribution in [0.25, 0.3) is 0 Å². The van der Waals surface area contributed by atoms with E-state index >= 15 is 0 Å². The number of carbonyl (C=O) groups is 1. The lowest BCUT2D eigenvalue weighted by atomic mass is 10.2. The number of aromatic nitrogens is 1. The van der Waals surface area contributed by atoms with Crippen molar-refractivity contribution in [1.82, 2.24) is 4.98 Å². The molecule has 19 heavy (non-hydrogen) atoms. The van der Waals surface area contributed by atoms with Crippen LogP contribution >= 0.6 is 43.5 Å². The summed E-state index contributed by atoms with van der Waals surface area (Å²) in [5.41, 5.74) is 0.0624. The number of carbonyl (C=O) groups excluding carboxylic acids is 1. The van der Waals surface area contributed by atoms with Crippen LogP contribution in [0.15, 0.2) is 44.2 Å². The largest absolute Gasteiger partial charge is 0.326 e. The van der Waals surface area contributed by atoms with Crippen molar-refractivity contribution < 1.29 is 4.79 Å². The highest BCUT2D eigenvalue weighted by atomic mass is 79.9. The molecule has 0 fully saturated rings. The highest BCUT2D eigenvalue weighted by Gasteiger charge is 2.12. The smallest absolute Gasteiger partial charge is 0.271 e. The molecule has 98 valence electrons. The van der Waals surface area contributed by atoms with Crippen molar-refractivity contribution in [2.45, 2.75) is 0 Å². The maximum absolute atomic E-state index is 12.0. The maximum atomic E-state index is 12.0. The van der Waals surface area contributed by atoms with Crippen LogP contribution in [0.3, 0.4) is 0 Å². The van der Waals surface area contributed by atoms with E-state index in [2.05, 4.69) is 42.2 Å². The van der Waals surface area contributed by atoms with Gasteiger partial charge in [-0.3, -0.25) is 9.59 Å². The first-order valence-corrected chi connectivity index (χ1v) is 7.08. The zero-order chi connectivity index (χ0) is 14.0. The van der Waals surface area contributed by atoms with Gasteiger partial charge in [-0.05, 0) is 40.2 Å². The first-order chi connectivity index (χ1) is 8.97. The van der Waals surface area contributed by atoms with Crippen LogP contribution in [0.4, 0.5) is 5.69 Å². The number of benzene rings is 1. The molecule has 0 radical (unpaired) electrons. The number of anilines is 1. The number of halogens is 3. The van der Waals surface area contributed by atoms with Gasteiger partial charge in [-0.2, -0.15) is 0 Å². The molecule has 7 heteroatoms. The van der Waals surface area contributed by atoms with Crippen molar-refractivity contribution in [1.29, 1.82) is 0 Å². The summed E-state index contributed by atoms with van der Waals surface area (Å²) in [6.45, 7) is 0. The van der Waals surface area contributed by atoms with E-state index in [-0.39, 0.29) is 11.2 Å². The van der Waals surface area contributed by atoms with E-state index in [4.69, 9.17) is 11.6 Å². The Balaban J connectivity index is 2.31. The van der Waals surface area contributed by atoms with E-state index in [9.17, 15) is 9.59 Å². The van der Waals surface area contributed by atoms with E-state index in [1.165, 1.54) is 12.3 Å². The minimum atomic E-state index is -0.443. The molecule has 1 amide bonds. The third kappa shape index (κ3) is 3.46. The normalized spacial score (nSPS) is 10.3. The van der Waals surface area contributed by atoms with Gasteiger partial charge in [0.05, 0.1) is 10.6 Å². The lowest BCUT2D eigenvalue weighted by molar-refractivity contribution is 0.102. The Hall–Kier alpha value is -1.11. The minimum Gasteiger partial charge on any atom is -0.326 e. The molecule has 2 rings (SSSR count). The lowest BCUT2D eigenvalue weighted by Gasteiger charge is -2.06. The average Bonchev–Trinajstić information content (AvgIpc) is 2.33. The predicted molar refractivity (Wildman–Crippen MR) is 81.9 cm³/mol. The number of hydrogen-bond donors (Lipinski definition) is 2. The number of aromatic amines is 1. The van der Waals surface area contributed by atoms with E-state index in [0.717, 1.165) is 4.47 Å². The summed E-state index contributed by atoms with van der Waals surface area (Å²) in [4.78, 5) is 26.1. The average molecular weight is 406 g/mol. The molecule has 4 nitrogen and oxygen atoms in total. The summed E-state index contributed by atoms with van der Waals surface area (Å²) in [6.07, 6.45) is 1.49. The summed E-state index contributed by atoms with van der Waals surface area (Å²) in [7, 11) is 0. The van der Waals surface area contributed by atoms with Gasteiger partial charge in [-0.15, -0.1) is 0 Å². The molecular formula is C12H7Br2ClN2O2. The van der Waals surface area contributed by atoms with Gasteiger partial charge in [0.25, 0.3) is 11.5 Å². The molecule has 0 atom stereocenters. The Morgan fingerprint density at radius 2 is 1.95 bits per heavy atom. The van der Waals surface area contributed by atoms with Gasteiger partial charge in [-0.25, -0.2) is 0 Å². The van der Waals surface area contributed by atoms with Gasteiger partial charge in [0.2, 0.25) is 0 Å². The topological polar surface area (TPSA) is 62.0 Å². The Labute approximate surface area is 130 Å². The SMILES string of the molecule is O=C(Nc1cc(Br)c[nH]c1=O)c1ccc(Br)cc1Cl. The lowest BCUT2D eigenvalue weighted by Crippen LogP contribution is -2.19. The summed E-state index contributed by atoms with van der Waals surface area (Å²) < 4.78 is 1.43. The Bertz CT molecular complexity index is 700. The molecule has 0 saturated heterocycles. The van der Waals surface area contributed by atoms with Crippen LogP contribution in [0.2, 0.25) is 5.02 Å². The van der Waals surface area contributed by atoms with E-state index < -0.39 is 5.91 Å². The molecule has 0 aliphatic heterocycles. The van der Waals surface area contributed by atoms with Crippen molar-refractivity contribution in [2.75, 3.05) is 5.32 Å². The van der Waals surface area contributed by atoms with Crippen LogP contribution in [0, 0.1) is 0 Å². The number of rotatable bonds is 2. The molecule has 0 aliphatic carbocycles. The van der Waals surface area contributed by atoms with Crippen LogP contribution < -0.4 is 10.9 Å². The second kappa shape index (κ2) is 5.90. The fraction of sp³-hybridized carbons (Fsp3) is 0. The molecule has 1 aromatic carbocycles. The van der Waals surface area contributed by atoms with Gasteiger partial charge in [0.15, 0.2) is 0 Å². The van der Waals surface area contributed by atoms with Gasteiger partial charge < -0.3 is 10.3 Å². The van der Waals surface area contributed by atoms with Crippen molar-refractivity contribution in [3.05, 3.63) is 60.3 Å². The number of amides is 1. The van der Waals surface area contributed by atoms with Gasteiger partial charge >= 0.3 is 0 Å². The summed E-state index contributed by atoms with van der Waals surface area (Å²) in [6, 6.07) is 6.41. The molecule has 0 aliphatic rings. The third-order valence-corrected chi connectivity index (χ3v) is 3.56. The molecule has 0 saturated carbocycles. The monoisotopic (exact) mass is 404 g/mol. The van der Waals surface area contributed by atoms with E-state index in [1.54, 1.807) is 18.2 Å². The molecule has 0 unspecified atom stereocenters. The number of pyridine rings is 1. The fourth-order valence-corrected chi connectivity index (χ4v) is 2.52. The second-order valence-electron chi connectivity index (χ2n) is 3.64. The van der Waals surface area contributed by atoms with Crippen LogP contribution in [-0.4, -0.2) is 10.9 Å². The molecule has 0 spiro atoms. The van der Waals surface area contributed by atoms with Crippen LogP contribution in [-0.2, 0) is 0 Å². The standard InChI is InChI=1S/C12H7Br2ClN2O2/c13-6-1-2-8(9(15)3-6)11(18)17-10-4-7(14)5-16-12(10)19/h1-5H,(H,16,19)(H,17,18). The van der Waals surface area contributed by atoms with Gasteiger partial charge in [-0.1, -0.05) is 27.5 Å². The Morgan fingerprint density at radius 1 is 1.21 bits per heavy atom. The molecular weight excluding hydrogens is 399 g/mol. The Kier molecular flexibility index (Phi) is 4.44. The summed E-state index contributed by atoms with van der Waals surface area (Å²) in [5.74, 6) is -0.443. The maximum Gasteiger partial charge on any atom is 0.271 e. The quantitative estimate of drug-likeness (QED) is 0.797. The number of H-pyrrole nitrogens is 1. The number of nitrogens with one attached hydrogen (secondary N) is 2. The molecule has 2 aromatic rings. The van der Waals surface area contributed by atoms with Gasteiger partial charge in [0.1, 0.15) is 5.69 Å². The highest BCUT2D eigenvalue weighted by molar-refractivity contribution is 9.10. The van der Waals surface area contributed by atoms with E-state index in [0.29, 0.717) is 15.1 Å². The van der Waals surface area contributed by atoms with Crippen LogP contribution in [0.1, 0.15) is 10.4 Å². The van der Waals surface area contributed by atoms with Crippen molar-refractivity contribution >= 4 is 55.1 Å². The van der Waals surface area contributed by atoms with Crippen molar-refractivity contribution in [3.63, 3.8) is 0 Å².